The average Bonchev–Trinajstić information content (AvgIpc) is 3.14. The van der Waals surface area contributed by atoms with Gasteiger partial charge in [-0.1, -0.05) is 77.5 Å². The first-order chi connectivity index (χ1) is 16.4. The maximum atomic E-state index is 13.5. The lowest BCUT2D eigenvalue weighted by atomic mass is 10.1. The van der Waals surface area contributed by atoms with Gasteiger partial charge in [-0.15, -0.1) is 0 Å². The molecule has 0 bridgehead atoms. The lowest BCUT2D eigenvalue weighted by Crippen LogP contribution is -2.30. The molecule has 0 radical (unpaired) electrons. The van der Waals surface area contributed by atoms with Gasteiger partial charge in [0.15, 0.2) is 0 Å². The maximum absolute atomic E-state index is 13.5. The largest absolute Gasteiger partial charge is 0.321 e. The summed E-state index contributed by atoms with van der Waals surface area (Å²) >= 11 is 7.43. The number of carbonyl (C=O) groups is 2. The molecule has 170 valence electrons. The lowest BCUT2D eigenvalue weighted by Gasteiger charge is -2.18. The number of amides is 2. The molecule has 34 heavy (non-hydrogen) atoms. The first-order valence-corrected chi connectivity index (χ1v) is 12.0. The molecule has 0 saturated carbocycles. The van der Waals surface area contributed by atoms with Crippen molar-refractivity contribution in [2.24, 2.45) is 0 Å². The number of nitriles is 1. The average molecular weight is 488 g/mol. The van der Waals surface area contributed by atoms with E-state index in [1.807, 2.05) is 62.4 Å². The van der Waals surface area contributed by atoms with Crippen LogP contribution in [0.15, 0.2) is 83.4 Å². The van der Waals surface area contributed by atoms with E-state index in [2.05, 4.69) is 5.32 Å². The molecule has 0 aliphatic carbocycles. The van der Waals surface area contributed by atoms with Crippen molar-refractivity contribution in [2.75, 3.05) is 10.2 Å². The topological polar surface area (TPSA) is 73.2 Å². The van der Waals surface area contributed by atoms with Crippen LogP contribution in [0.25, 0.3) is 0 Å². The van der Waals surface area contributed by atoms with E-state index >= 15 is 0 Å². The Morgan fingerprint density at radius 3 is 2.44 bits per heavy atom. The minimum atomic E-state index is -0.588. The first kappa shape index (κ1) is 23.6. The van der Waals surface area contributed by atoms with Crippen molar-refractivity contribution >= 4 is 46.6 Å². The van der Waals surface area contributed by atoms with Gasteiger partial charge < -0.3 is 5.32 Å². The standard InChI is InChI=1S/C27H22ClN3O2S/c1-17-8-11-19(12-9-17)14-24-26(33)31(21-6-4-3-5-7-21)27(34-24)22(16-29)25(32)30-20-13-10-18(2)23(28)15-20/h3-13,15,24H,14H2,1-2H3,(H,30,32)/b27-22-/t24-/m0/s1. The molecule has 3 aromatic rings. The number of anilines is 2. The molecule has 0 spiro atoms. The number of benzene rings is 3. The van der Waals surface area contributed by atoms with E-state index in [-0.39, 0.29) is 11.5 Å². The molecular formula is C27H22ClN3O2S. The number of nitrogens with zero attached hydrogens (tertiary/aromatic N) is 2. The number of thioether (sulfide) groups is 1. The third-order valence-corrected chi connectivity index (χ3v) is 7.16. The molecule has 1 saturated heterocycles. The van der Waals surface area contributed by atoms with E-state index < -0.39 is 11.2 Å². The number of halogens is 1. The highest BCUT2D eigenvalue weighted by Gasteiger charge is 2.40. The predicted octanol–water partition coefficient (Wildman–Crippen LogP) is 6.02. The monoisotopic (exact) mass is 487 g/mol. The number of rotatable bonds is 5. The number of para-hydroxylation sites is 1. The second kappa shape index (κ2) is 10.2. The van der Waals surface area contributed by atoms with Crippen LogP contribution >= 0.6 is 23.4 Å². The smallest absolute Gasteiger partial charge is 0.269 e. The molecule has 4 rings (SSSR count). The predicted molar refractivity (Wildman–Crippen MR) is 138 cm³/mol. The Labute approximate surface area is 208 Å². The van der Waals surface area contributed by atoms with E-state index in [1.54, 1.807) is 30.3 Å². The van der Waals surface area contributed by atoms with E-state index in [0.29, 0.717) is 27.8 Å². The normalized spacial score (nSPS) is 16.8. The third-order valence-electron chi connectivity index (χ3n) is 5.49. The van der Waals surface area contributed by atoms with Gasteiger partial charge in [-0.05, 0) is 55.7 Å². The minimum Gasteiger partial charge on any atom is -0.321 e. The number of aryl methyl sites for hydroxylation is 2. The molecule has 1 fully saturated rings. The van der Waals surface area contributed by atoms with E-state index in [4.69, 9.17) is 11.6 Å². The second-order valence-corrected chi connectivity index (χ2v) is 9.61. The summed E-state index contributed by atoms with van der Waals surface area (Å²) in [4.78, 5) is 28.1. The molecule has 0 unspecified atom stereocenters. The summed E-state index contributed by atoms with van der Waals surface area (Å²) in [6, 6.07) is 24.2. The van der Waals surface area contributed by atoms with E-state index in [1.165, 1.54) is 16.7 Å². The Hall–Kier alpha value is -3.53. The van der Waals surface area contributed by atoms with Crippen LogP contribution in [0.5, 0.6) is 0 Å². The fourth-order valence-electron chi connectivity index (χ4n) is 3.60. The molecule has 1 atom stereocenters. The van der Waals surface area contributed by atoms with Crippen LogP contribution in [0.3, 0.4) is 0 Å². The zero-order chi connectivity index (χ0) is 24.2. The molecular weight excluding hydrogens is 466 g/mol. The number of hydrogen-bond acceptors (Lipinski definition) is 4. The molecule has 3 aromatic carbocycles. The summed E-state index contributed by atoms with van der Waals surface area (Å²) in [6.45, 7) is 3.87. The number of nitrogens with one attached hydrogen (secondary N) is 1. The van der Waals surface area contributed by atoms with Gasteiger partial charge >= 0.3 is 0 Å². The summed E-state index contributed by atoms with van der Waals surface area (Å²) in [6.07, 6.45) is 0.491. The van der Waals surface area contributed by atoms with Gasteiger partial charge in [0.05, 0.1) is 5.25 Å². The van der Waals surface area contributed by atoms with Crippen molar-refractivity contribution in [3.63, 3.8) is 0 Å². The first-order valence-electron chi connectivity index (χ1n) is 10.7. The zero-order valence-corrected chi connectivity index (χ0v) is 20.3. The van der Waals surface area contributed by atoms with Crippen LogP contribution in [-0.4, -0.2) is 17.1 Å². The molecule has 7 heteroatoms. The van der Waals surface area contributed by atoms with Gasteiger partial charge in [-0.2, -0.15) is 5.26 Å². The van der Waals surface area contributed by atoms with Gasteiger partial charge in [0.2, 0.25) is 5.91 Å². The zero-order valence-electron chi connectivity index (χ0n) is 18.7. The summed E-state index contributed by atoms with van der Waals surface area (Å²) in [5.74, 6) is -0.750. The molecule has 5 nitrogen and oxygen atoms in total. The van der Waals surface area contributed by atoms with Gasteiger partial charge in [0.1, 0.15) is 16.7 Å². The summed E-state index contributed by atoms with van der Waals surface area (Å²) in [5, 5.41) is 13.1. The quantitative estimate of drug-likeness (QED) is 0.352. The van der Waals surface area contributed by atoms with Crippen LogP contribution in [0.4, 0.5) is 11.4 Å². The van der Waals surface area contributed by atoms with Crippen LogP contribution < -0.4 is 10.2 Å². The molecule has 1 aliphatic heterocycles. The lowest BCUT2D eigenvalue weighted by molar-refractivity contribution is -0.117. The summed E-state index contributed by atoms with van der Waals surface area (Å²) in [5.41, 5.74) is 4.00. The highest BCUT2D eigenvalue weighted by atomic mass is 35.5. The van der Waals surface area contributed by atoms with E-state index in [0.717, 1.165) is 16.7 Å². The molecule has 1 heterocycles. The van der Waals surface area contributed by atoms with E-state index in [9.17, 15) is 14.9 Å². The van der Waals surface area contributed by atoms with Gasteiger partial charge in [-0.3, -0.25) is 14.5 Å². The summed E-state index contributed by atoms with van der Waals surface area (Å²) < 4.78 is 0. The van der Waals surface area contributed by atoms with Crippen molar-refractivity contribution < 1.29 is 9.59 Å². The minimum absolute atomic E-state index is 0.120. The van der Waals surface area contributed by atoms with Crippen LogP contribution in [0.1, 0.15) is 16.7 Å². The molecule has 1 N–H and O–H groups in total. The van der Waals surface area contributed by atoms with Crippen molar-refractivity contribution in [1.82, 2.24) is 0 Å². The van der Waals surface area contributed by atoms with Crippen LogP contribution in [-0.2, 0) is 16.0 Å². The molecule has 2 amide bonds. The summed E-state index contributed by atoms with van der Waals surface area (Å²) in [7, 11) is 0. The van der Waals surface area contributed by atoms with Crippen molar-refractivity contribution in [2.45, 2.75) is 25.5 Å². The molecule has 0 aromatic heterocycles. The Bertz CT molecular complexity index is 1310. The fourth-order valence-corrected chi connectivity index (χ4v) is 5.09. The van der Waals surface area contributed by atoms with Crippen LogP contribution in [0.2, 0.25) is 5.02 Å². The van der Waals surface area contributed by atoms with Crippen molar-refractivity contribution in [3.05, 3.63) is 105 Å². The third kappa shape index (κ3) is 5.01. The second-order valence-electron chi connectivity index (χ2n) is 8.02. The number of carbonyl (C=O) groups excluding carboxylic acids is 2. The highest BCUT2D eigenvalue weighted by Crippen LogP contribution is 2.42. The Morgan fingerprint density at radius 1 is 1.09 bits per heavy atom. The Morgan fingerprint density at radius 2 is 1.79 bits per heavy atom. The van der Waals surface area contributed by atoms with Crippen LogP contribution in [0, 0.1) is 25.2 Å². The highest BCUT2D eigenvalue weighted by molar-refractivity contribution is 8.05. The fraction of sp³-hybridized carbons (Fsp3) is 0.148. The SMILES string of the molecule is Cc1ccc(C[C@@H]2S/C(=C(/C#N)C(=O)Nc3ccc(C)c(Cl)c3)N(c3ccccc3)C2=O)cc1. The van der Waals surface area contributed by atoms with Crippen molar-refractivity contribution in [3.8, 4) is 6.07 Å². The Balaban J connectivity index is 1.70. The Kier molecular flexibility index (Phi) is 7.06. The van der Waals surface area contributed by atoms with Crippen molar-refractivity contribution in [1.29, 1.82) is 5.26 Å². The van der Waals surface area contributed by atoms with Gasteiger partial charge in [0, 0.05) is 16.4 Å². The number of hydrogen-bond donors (Lipinski definition) is 1. The maximum Gasteiger partial charge on any atom is 0.269 e. The molecule has 1 aliphatic rings. The van der Waals surface area contributed by atoms with Gasteiger partial charge in [0.25, 0.3) is 5.91 Å². The van der Waals surface area contributed by atoms with Gasteiger partial charge in [-0.25, -0.2) is 0 Å².